The van der Waals surface area contributed by atoms with Gasteiger partial charge in [-0.3, -0.25) is 9.69 Å². The number of hydrogen-bond acceptors (Lipinski definition) is 4. The van der Waals surface area contributed by atoms with Gasteiger partial charge in [-0.2, -0.15) is 0 Å². The monoisotopic (exact) mass is 339 g/mol. The Hall–Kier alpha value is -2.66. The van der Waals surface area contributed by atoms with Gasteiger partial charge >= 0.3 is 11.9 Å². The lowest BCUT2D eigenvalue weighted by Crippen LogP contribution is -2.24. The maximum Gasteiger partial charge on any atom is 0.335 e. The predicted molar refractivity (Wildman–Crippen MR) is 93.4 cm³/mol. The first-order valence-electron chi connectivity index (χ1n) is 8.26. The van der Waals surface area contributed by atoms with Gasteiger partial charge in [0.05, 0.1) is 18.6 Å². The van der Waals surface area contributed by atoms with Crippen LogP contribution in [0.1, 0.15) is 27.4 Å². The fraction of sp³-hybridized carbons (Fsp3) is 0.300. The van der Waals surface area contributed by atoms with Gasteiger partial charge in [0.2, 0.25) is 0 Å². The van der Waals surface area contributed by atoms with Crippen LogP contribution in [0.5, 0.6) is 0 Å². The molecule has 2 atom stereocenters. The molecule has 1 N–H and O–H groups in total. The van der Waals surface area contributed by atoms with E-state index in [0.717, 1.165) is 17.7 Å². The average molecular weight is 339 g/mol. The number of methoxy groups -OCH3 is 1. The molecule has 5 nitrogen and oxygen atoms in total. The summed E-state index contributed by atoms with van der Waals surface area (Å²) in [4.78, 5) is 25.5. The zero-order valence-corrected chi connectivity index (χ0v) is 14.1. The number of carbonyl (C=O) groups is 2. The number of aromatic carboxylic acids is 1. The zero-order chi connectivity index (χ0) is 17.8. The Labute approximate surface area is 146 Å². The molecular formula is C20H21NO4. The Morgan fingerprint density at radius 3 is 2.56 bits per heavy atom. The Kier molecular flexibility index (Phi) is 5.14. The summed E-state index contributed by atoms with van der Waals surface area (Å²) in [6.07, 6.45) is 0. The maximum absolute atomic E-state index is 12.2. The Morgan fingerprint density at radius 1 is 1.12 bits per heavy atom. The number of carboxylic acids is 1. The third-order valence-electron chi connectivity index (χ3n) is 4.71. The number of rotatable bonds is 5. The van der Waals surface area contributed by atoms with Crippen molar-refractivity contribution in [2.75, 3.05) is 20.2 Å². The first-order chi connectivity index (χ1) is 12.1. The van der Waals surface area contributed by atoms with E-state index in [-0.39, 0.29) is 23.4 Å². The lowest BCUT2D eigenvalue weighted by molar-refractivity contribution is -0.145. The van der Waals surface area contributed by atoms with Crippen molar-refractivity contribution in [3.63, 3.8) is 0 Å². The van der Waals surface area contributed by atoms with Crippen molar-refractivity contribution in [1.29, 1.82) is 0 Å². The largest absolute Gasteiger partial charge is 0.478 e. The van der Waals surface area contributed by atoms with E-state index < -0.39 is 5.97 Å². The molecule has 1 fully saturated rings. The summed E-state index contributed by atoms with van der Waals surface area (Å²) >= 11 is 0. The van der Waals surface area contributed by atoms with Gasteiger partial charge in [-0.05, 0) is 23.3 Å². The smallest absolute Gasteiger partial charge is 0.335 e. The van der Waals surface area contributed by atoms with E-state index in [1.54, 1.807) is 18.2 Å². The molecule has 5 heteroatoms. The maximum atomic E-state index is 12.2. The summed E-state index contributed by atoms with van der Waals surface area (Å²) < 4.78 is 4.99. The molecule has 3 rings (SSSR count). The van der Waals surface area contributed by atoms with Gasteiger partial charge in [-0.15, -0.1) is 0 Å². The van der Waals surface area contributed by atoms with Crippen molar-refractivity contribution in [2.45, 2.75) is 12.5 Å². The van der Waals surface area contributed by atoms with E-state index in [0.29, 0.717) is 13.1 Å². The number of esters is 1. The summed E-state index contributed by atoms with van der Waals surface area (Å²) in [5, 5.41) is 9.13. The second-order valence-corrected chi connectivity index (χ2v) is 6.35. The highest BCUT2D eigenvalue weighted by Crippen LogP contribution is 2.34. The predicted octanol–water partition coefficient (Wildman–Crippen LogP) is 2.77. The van der Waals surface area contributed by atoms with Crippen LogP contribution in [-0.4, -0.2) is 42.1 Å². The quantitative estimate of drug-likeness (QED) is 0.849. The molecular weight excluding hydrogens is 318 g/mol. The number of carbonyl (C=O) groups excluding carboxylic acids is 1. The lowest BCUT2D eigenvalue weighted by atomic mass is 9.89. The molecule has 2 aromatic carbocycles. The second kappa shape index (κ2) is 7.49. The van der Waals surface area contributed by atoms with Crippen LogP contribution in [0.2, 0.25) is 0 Å². The first-order valence-corrected chi connectivity index (χ1v) is 8.26. The fourth-order valence-electron chi connectivity index (χ4n) is 3.50. The van der Waals surface area contributed by atoms with E-state index in [2.05, 4.69) is 4.90 Å². The summed E-state index contributed by atoms with van der Waals surface area (Å²) in [7, 11) is 1.42. The minimum Gasteiger partial charge on any atom is -0.478 e. The fourth-order valence-corrected chi connectivity index (χ4v) is 3.50. The lowest BCUT2D eigenvalue weighted by Gasteiger charge is -2.16. The second-order valence-electron chi connectivity index (χ2n) is 6.35. The first kappa shape index (κ1) is 17.2. The molecule has 0 radical (unpaired) electrons. The molecule has 2 aromatic rings. The van der Waals surface area contributed by atoms with E-state index in [1.807, 2.05) is 36.4 Å². The van der Waals surface area contributed by atoms with Crippen molar-refractivity contribution in [3.05, 3.63) is 71.3 Å². The van der Waals surface area contributed by atoms with Gasteiger partial charge in [0, 0.05) is 25.6 Å². The van der Waals surface area contributed by atoms with Crippen molar-refractivity contribution in [1.82, 2.24) is 4.90 Å². The number of hydrogen-bond donors (Lipinski definition) is 1. The van der Waals surface area contributed by atoms with Crippen LogP contribution >= 0.6 is 0 Å². The summed E-state index contributed by atoms with van der Waals surface area (Å²) in [5.41, 5.74) is 2.33. The van der Waals surface area contributed by atoms with Crippen LogP contribution in [0.3, 0.4) is 0 Å². The highest BCUT2D eigenvalue weighted by Gasteiger charge is 2.39. The molecule has 0 saturated carbocycles. The average Bonchev–Trinajstić information content (AvgIpc) is 3.05. The van der Waals surface area contributed by atoms with Crippen molar-refractivity contribution in [3.8, 4) is 0 Å². The molecule has 0 spiro atoms. The Morgan fingerprint density at radius 2 is 1.88 bits per heavy atom. The molecule has 0 aromatic heterocycles. The molecule has 1 aliphatic rings. The van der Waals surface area contributed by atoms with Gasteiger partial charge in [0.1, 0.15) is 0 Å². The SMILES string of the molecule is COC(=O)[C@@H]1CN(Cc2cccc(C(=O)O)c2)C[C@@H]1c1ccccc1. The van der Waals surface area contributed by atoms with Crippen LogP contribution in [0.25, 0.3) is 0 Å². The van der Waals surface area contributed by atoms with Gasteiger partial charge in [0.15, 0.2) is 0 Å². The minimum atomic E-state index is -0.933. The van der Waals surface area contributed by atoms with Crippen molar-refractivity contribution >= 4 is 11.9 Å². The molecule has 1 aliphatic heterocycles. The summed E-state index contributed by atoms with van der Waals surface area (Å²) in [6, 6.07) is 16.9. The zero-order valence-electron chi connectivity index (χ0n) is 14.1. The van der Waals surface area contributed by atoms with E-state index in [4.69, 9.17) is 9.84 Å². The van der Waals surface area contributed by atoms with Gasteiger partial charge < -0.3 is 9.84 Å². The van der Waals surface area contributed by atoms with Crippen molar-refractivity contribution in [2.24, 2.45) is 5.92 Å². The third-order valence-corrected chi connectivity index (χ3v) is 4.71. The molecule has 0 amide bonds. The number of benzene rings is 2. The molecule has 1 saturated heterocycles. The normalized spacial score (nSPS) is 20.4. The van der Waals surface area contributed by atoms with Gasteiger partial charge in [-0.1, -0.05) is 42.5 Å². The van der Waals surface area contributed by atoms with Crippen molar-refractivity contribution < 1.29 is 19.4 Å². The van der Waals surface area contributed by atoms with Crippen LogP contribution in [0.4, 0.5) is 0 Å². The summed E-state index contributed by atoms with van der Waals surface area (Å²) in [6.45, 7) is 1.95. The van der Waals surface area contributed by atoms with E-state index >= 15 is 0 Å². The number of likely N-dealkylation sites (tertiary alicyclic amines) is 1. The molecule has 25 heavy (non-hydrogen) atoms. The Bertz CT molecular complexity index is 759. The van der Waals surface area contributed by atoms with Crippen LogP contribution < -0.4 is 0 Å². The molecule has 0 bridgehead atoms. The minimum absolute atomic E-state index is 0.0799. The van der Waals surface area contributed by atoms with Crippen LogP contribution in [0, 0.1) is 5.92 Å². The van der Waals surface area contributed by atoms with Gasteiger partial charge in [-0.25, -0.2) is 4.79 Å². The van der Waals surface area contributed by atoms with Crippen LogP contribution in [-0.2, 0) is 16.1 Å². The van der Waals surface area contributed by atoms with Gasteiger partial charge in [0.25, 0.3) is 0 Å². The molecule has 130 valence electrons. The number of carboxylic acid groups (broad SMARTS) is 1. The van der Waals surface area contributed by atoms with E-state index in [9.17, 15) is 9.59 Å². The molecule has 1 heterocycles. The Balaban J connectivity index is 1.79. The third kappa shape index (κ3) is 3.88. The molecule has 0 aliphatic carbocycles. The molecule has 0 unspecified atom stereocenters. The van der Waals surface area contributed by atoms with Crippen LogP contribution in [0.15, 0.2) is 54.6 Å². The highest BCUT2D eigenvalue weighted by molar-refractivity contribution is 5.87. The highest BCUT2D eigenvalue weighted by atomic mass is 16.5. The summed E-state index contributed by atoms with van der Waals surface area (Å²) in [5.74, 6) is -1.26. The standard InChI is InChI=1S/C20H21NO4/c1-25-20(24)18-13-21(12-17(18)15-7-3-2-4-8-15)11-14-6-5-9-16(10-14)19(22)23/h2-10,17-18H,11-13H2,1H3,(H,22,23)/t17-,18-/m1/s1. The number of nitrogens with zero attached hydrogens (tertiary/aromatic N) is 1. The topological polar surface area (TPSA) is 66.8 Å². The van der Waals surface area contributed by atoms with E-state index in [1.165, 1.54) is 7.11 Å². The number of ether oxygens (including phenoxy) is 1.